The van der Waals surface area contributed by atoms with E-state index >= 15 is 0 Å². The molecule has 1 amide bonds. The fraction of sp³-hybridized carbons (Fsp3) is 0.250. The van der Waals surface area contributed by atoms with Crippen LogP contribution >= 0.6 is 12.4 Å². The summed E-state index contributed by atoms with van der Waals surface area (Å²) in [6, 6.07) is 9.56. The standard InChI is InChI=1S/C16H19N3O.ClH/c1-3-12-6-4-5-11(2)16(12)19-15(20)9-14-8-7-13(17)10-18-14;/h4-8,10H,3,9,17H2,1-2H3,(H,19,20);1H. The number of carbonyl (C=O) groups is 1. The molecular weight excluding hydrogens is 286 g/mol. The van der Waals surface area contributed by atoms with Crippen LogP contribution in [0.3, 0.4) is 0 Å². The third kappa shape index (κ3) is 4.46. The number of nitrogens with two attached hydrogens (primary N) is 1. The summed E-state index contributed by atoms with van der Waals surface area (Å²) in [6.07, 6.45) is 2.70. The van der Waals surface area contributed by atoms with Crippen molar-refractivity contribution in [2.24, 2.45) is 0 Å². The minimum absolute atomic E-state index is 0. The van der Waals surface area contributed by atoms with Crippen LogP contribution in [0.2, 0.25) is 0 Å². The molecule has 1 heterocycles. The van der Waals surface area contributed by atoms with Crippen molar-refractivity contribution in [3.63, 3.8) is 0 Å². The first-order chi connectivity index (χ1) is 9.60. The molecule has 0 bridgehead atoms. The second-order valence-electron chi connectivity index (χ2n) is 4.77. The Bertz CT molecular complexity index is 611. The number of pyridine rings is 1. The lowest BCUT2D eigenvalue weighted by Gasteiger charge is -2.12. The van der Waals surface area contributed by atoms with Crippen LogP contribution < -0.4 is 11.1 Å². The maximum absolute atomic E-state index is 12.1. The molecule has 21 heavy (non-hydrogen) atoms. The van der Waals surface area contributed by atoms with Gasteiger partial charge in [-0.25, -0.2) is 0 Å². The molecule has 0 radical (unpaired) electrons. The van der Waals surface area contributed by atoms with E-state index in [0.717, 1.165) is 23.2 Å². The molecule has 0 atom stereocenters. The van der Waals surface area contributed by atoms with Gasteiger partial charge in [-0.15, -0.1) is 12.4 Å². The molecule has 0 unspecified atom stereocenters. The van der Waals surface area contributed by atoms with Crippen molar-refractivity contribution in [3.05, 3.63) is 53.3 Å². The summed E-state index contributed by atoms with van der Waals surface area (Å²) in [6.45, 7) is 4.07. The molecule has 0 aliphatic carbocycles. The molecular formula is C16H20ClN3O. The quantitative estimate of drug-likeness (QED) is 0.912. The summed E-state index contributed by atoms with van der Waals surface area (Å²) >= 11 is 0. The fourth-order valence-electron chi connectivity index (χ4n) is 2.09. The van der Waals surface area contributed by atoms with Crippen LogP contribution in [-0.4, -0.2) is 10.9 Å². The van der Waals surface area contributed by atoms with Crippen LogP contribution in [0.25, 0.3) is 0 Å². The first kappa shape index (κ1) is 17.0. The average molecular weight is 306 g/mol. The van der Waals surface area contributed by atoms with Crippen LogP contribution in [0, 0.1) is 6.92 Å². The summed E-state index contributed by atoms with van der Waals surface area (Å²) < 4.78 is 0. The molecule has 3 N–H and O–H groups in total. The molecule has 0 spiro atoms. The van der Waals surface area contributed by atoms with Crippen molar-refractivity contribution in [2.75, 3.05) is 11.1 Å². The van der Waals surface area contributed by atoms with Crippen molar-refractivity contribution in [1.82, 2.24) is 4.98 Å². The Morgan fingerprint density at radius 3 is 2.67 bits per heavy atom. The number of nitrogens with one attached hydrogen (secondary N) is 1. The van der Waals surface area contributed by atoms with Gasteiger partial charge in [-0.2, -0.15) is 0 Å². The molecule has 112 valence electrons. The van der Waals surface area contributed by atoms with Crippen LogP contribution in [0.1, 0.15) is 23.7 Å². The summed E-state index contributed by atoms with van der Waals surface area (Å²) in [7, 11) is 0. The summed E-state index contributed by atoms with van der Waals surface area (Å²) in [4.78, 5) is 16.2. The largest absolute Gasteiger partial charge is 0.397 e. The third-order valence-corrected chi connectivity index (χ3v) is 3.19. The number of anilines is 2. The number of nitrogen functional groups attached to an aromatic ring is 1. The maximum atomic E-state index is 12.1. The minimum Gasteiger partial charge on any atom is -0.397 e. The second-order valence-corrected chi connectivity index (χ2v) is 4.77. The minimum atomic E-state index is -0.0636. The van der Waals surface area contributed by atoms with Gasteiger partial charge in [-0.3, -0.25) is 9.78 Å². The number of rotatable bonds is 4. The van der Waals surface area contributed by atoms with E-state index in [1.165, 1.54) is 0 Å². The van der Waals surface area contributed by atoms with Crippen LogP contribution in [0.5, 0.6) is 0 Å². The van der Waals surface area contributed by atoms with E-state index in [1.807, 2.05) is 25.1 Å². The highest BCUT2D eigenvalue weighted by Gasteiger charge is 2.09. The van der Waals surface area contributed by atoms with E-state index < -0.39 is 0 Å². The SMILES string of the molecule is CCc1cccc(C)c1NC(=O)Cc1ccc(N)cn1.Cl. The number of amides is 1. The lowest BCUT2D eigenvalue weighted by Crippen LogP contribution is -2.17. The van der Waals surface area contributed by atoms with Crippen LogP contribution in [0.15, 0.2) is 36.5 Å². The van der Waals surface area contributed by atoms with Crippen LogP contribution in [-0.2, 0) is 17.6 Å². The second kappa shape index (κ2) is 7.64. The smallest absolute Gasteiger partial charge is 0.230 e. The van der Waals surface area contributed by atoms with E-state index in [9.17, 15) is 4.79 Å². The van der Waals surface area contributed by atoms with Gasteiger partial charge in [0.2, 0.25) is 5.91 Å². The lowest BCUT2D eigenvalue weighted by atomic mass is 10.1. The van der Waals surface area contributed by atoms with E-state index in [4.69, 9.17) is 5.73 Å². The van der Waals surface area contributed by atoms with E-state index in [1.54, 1.807) is 18.3 Å². The Balaban J connectivity index is 0.00000220. The van der Waals surface area contributed by atoms with Gasteiger partial charge >= 0.3 is 0 Å². The van der Waals surface area contributed by atoms with Gasteiger partial charge in [0.1, 0.15) is 0 Å². The lowest BCUT2D eigenvalue weighted by molar-refractivity contribution is -0.115. The normalized spacial score (nSPS) is 9.81. The molecule has 4 nitrogen and oxygen atoms in total. The predicted molar refractivity (Wildman–Crippen MR) is 88.8 cm³/mol. The van der Waals surface area contributed by atoms with Crippen molar-refractivity contribution in [1.29, 1.82) is 0 Å². The highest BCUT2D eigenvalue weighted by Crippen LogP contribution is 2.21. The van der Waals surface area contributed by atoms with Crippen LogP contribution in [0.4, 0.5) is 11.4 Å². The molecule has 0 saturated heterocycles. The molecule has 2 rings (SSSR count). The van der Waals surface area contributed by atoms with Gasteiger partial charge in [0.25, 0.3) is 0 Å². The number of carbonyl (C=O) groups excluding carboxylic acids is 1. The summed E-state index contributed by atoms with van der Waals surface area (Å²) in [5, 5.41) is 2.98. The van der Waals surface area contributed by atoms with Gasteiger partial charge in [-0.1, -0.05) is 25.1 Å². The molecule has 2 aromatic rings. The number of hydrogen-bond acceptors (Lipinski definition) is 3. The molecule has 5 heteroatoms. The molecule has 0 fully saturated rings. The number of aryl methyl sites for hydroxylation is 2. The molecule has 1 aromatic heterocycles. The molecule has 1 aromatic carbocycles. The van der Waals surface area contributed by atoms with Gasteiger partial charge in [0.05, 0.1) is 18.3 Å². The summed E-state index contributed by atoms with van der Waals surface area (Å²) in [5.74, 6) is -0.0636. The van der Waals surface area contributed by atoms with Crippen molar-refractivity contribution in [2.45, 2.75) is 26.7 Å². The number of halogens is 1. The Labute approximate surface area is 131 Å². The van der Waals surface area contributed by atoms with Gasteiger partial charge < -0.3 is 11.1 Å². The van der Waals surface area contributed by atoms with Crippen molar-refractivity contribution >= 4 is 29.7 Å². The highest BCUT2D eigenvalue weighted by atomic mass is 35.5. The number of hydrogen-bond donors (Lipinski definition) is 2. The van der Waals surface area contributed by atoms with Gasteiger partial charge in [0, 0.05) is 11.4 Å². The average Bonchev–Trinajstić information content (AvgIpc) is 2.43. The topological polar surface area (TPSA) is 68.0 Å². The number of nitrogens with zero attached hydrogens (tertiary/aromatic N) is 1. The first-order valence-corrected chi connectivity index (χ1v) is 6.69. The fourth-order valence-corrected chi connectivity index (χ4v) is 2.09. The Morgan fingerprint density at radius 1 is 1.29 bits per heavy atom. The predicted octanol–water partition coefficient (Wildman–Crippen LogP) is 3.14. The number of benzene rings is 1. The van der Waals surface area contributed by atoms with E-state index in [0.29, 0.717) is 11.4 Å². The highest BCUT2D eigenvalue weighted by molar-refractivity contribution is 5.93. The molecule has 0 aliphatic rings. The van der Waals surface area contributed by atoms with Gasteiger partial charge in [0.15, 0.2) is 0 Å². The summed E-state index contributed by atoms with van der Waals surface area (Å²) in [5.41, 5.74) is 10.0. The zero-order valence-corrected chi connectivity index (χ0v) is 13.0. The zero-order chi connectivity index (χ0) is 14.5. The Kier molecular flexibility index (Phi) is 6.18. The number of aromatic nitrogens is 1. The third-order valence-electron chi connectivity index (χ3n) is 3.19. The first-order valence-electron chi connectivity index (χ1n) is 6.69. The Morgan fingerprint density at radius 2 is 2.05 bits per heavy atom. The van der Waals surface area contributed by atoms with Gasteiger partial charge in [-0.05, 0) is 36.6 Å². The molecule has 0 saturated carbocycles. The van der Waals surface area contributed by atoms with Crippen molar-refractivity contribution in [3.8, 4) is 0 Å². The maximum Gasteiger partial charge on any atom is 0.230 e. The Hall–Kier alpha value is -2.07. The zero-order valence-electron chi connectivity index (χ0n) is 12.2. The van der Waals surface area contributed by atoms with Crippen molar-refractivity contribution < 1.29 is 4.79 Å². The monoisotopic (exact) mass is 305 g/mol. The van der Waals surface area contributed by atoms with E-state index in [2.05, 4.69) is 17.2 Å². The van der Waals surface area contributed by atoms with E-state index in [-0.39, 0.29) is 24.7 Å². The number of para-hydroxylation sites is 1. The molecule has 0 aliphatic heterocycles.